The van der Waals surface area contributed by atoms with Crippen molar-refractivity contribution < 1.29 is 4.52 Å². The van der Waals surface area contributed by atoms with Gasteiger partial charge in [-0.05, 0) is 0 Å². The normalized spacial score (nSPS) is 16.6. The lowest BCUT2D eigenvalue weighted by atomic mass is 10.2. The molecule has 0 atom stereocenters. The molecule has 0 amide bonds. The van der Waals surface area contributed by atoms with Gasteiger partial charge in [-0.1, -0.05) is 19.0 Å². The van der Waals surface area contributed by atoms with Gasteiger partial charge >= 0.3 is 0 Å². The maximum absolute atomic E-state index is 4.90. The Morgan fingerprint density at radius 3 is 2.72 bits per heavy atom. The number of nitrogens with zero attached hydrogens (tertiary/aromatic N) is 5. The highest BCUT2D eigenvalue weighted by Gasteiger charge is 2.20. The molecule has 25 heavy (non-hydrogen) atoms. The first-order valence-corrected chi connectivity index (χ1v) is 9.55. The third-order valence-corrected chi connectivity index (χ3v) is 5.45. The van der Waals surface area contributed by atoms with Gasteiger partial charge in [0.15, 0.2) is 5.96 Å². The lowest BCUT2D eigenvalue weighted by molar-refractivity contribution is 0.169. The summed E-state index contributed by atoms with van der Waals surface area (Å²) in [6.07, 6.45) is 1.63. The van der Waals surface area contributed by atoms with E-state index in [1.807, 2.05) is 13.1 Å². The number of thiazole rings is 1. The fraction of sp³-hybridized carbons (Fsp3) is 0.588. The lowest BCUT2D eigenvalue weighted by Crippen LogP contribution is -2.52. The van der Waals surface area contributed by atoms with E-state index < -0.39 is 0 Å². The van der Waals surface area contributed by atoms with E-state index in [0.717, 1.165) is 56.6 Å². The minimum absolute atomic E-state index is 0.482. The van der Waals surface area contributed by atoms with Crippen molar-refractivity contribution >= 4 is 17.3 Å². The summed E-state index contributed by atoms with van der Waals surface area (Å²) in [5.74, 6) is 1.43. The average molecular weight is 363 g/mol. The first-order chi connectivity index (χ1) is 12.2. The first-order valence-electron chi connectivity index (χ1n) is 8.67. The van der Waals surface area contributed by atoms with Crippen molar-refractivity contribution in [1.82, 2.24) is 25.3 Å². The number of aliphatic imine (C=N–C) groups is 1. The Morgan fingerprint density at radius 1 is 1.32 bits per heavy atom. The van der Waals surface area contributed by atoms with Crippen LogP contribution in [0.2, 0.25) is 0 Å². The summed E-state index contributed by atoms with van der Waals surface area (Å²) in [4.78, 5) is 13.8. The second kappa shape index (κ2) is 8.44. The van der Waals surface area contributed by atoms with Crippen LogP contribution in [0.3, 0.4) is 0 Å². The maximum atomic E-state index is 4.90. The molecule has 1 aliphatic rings. The van der Waals surface area contributed by atoms with Gasteiger partial charge in [0.25, 0.3) is 0 Å². The highest BCUT2D eigenvalue weighted by Crippen LogP contribution is 2.19. The Hall–Kier alpha value is -1.93. The minimum Gasteiger partial charge on any atom is -0.364 e. The van der Waals surface area contributed by atoms with Crippen LogP contribution in [0, 0.1) is 0 Å². The zero-order valence-corrected chi connectivity index (χ0v) is 15.9. The summed E-state index contributed by atoms with van der Waals surface area (Å²) >= 11 is 1.73. The monoisotopic (exact) mass is 362 g/mol. The van der Waals surface area contributed by atoms with Gasteiger partial charge in [0.2, 0.25) is 0 Å². The van der Waals surface area contributed by atoms with Crippen LogP contribution in [0.4, 0.5) is 0 Å². The molecule has 0 radical (unpaired) electrons. The van der Waals surface area contributed by atoms with E-state index in [9.17, 15) is 0 Å². The molecule has 2 aromatic rings. The molecule has 0 unspecified atom stereocenters. The van der Waals surface area contributed by atoms with Crippen molar-refractivity contribution in [1.29, 1.82) is 0 Å². The Labute approximate surface area is 152 Å². The average Bonchev–Trinajstić information content (AvgIpc) is 3.28. The van der Waals surface area contributed by atoms with E-state index in [0.29, 0.717) is 5.92 Å². The van der Waals surface area contributed by atoms with Gasteiger partial charge < -0.3 is 14.7 Å². The van der Waals surface area contributed by atoms with E-state index in [1.165, 1.54) is 5.01 Å². The molecule has 1 fully saturated rings. The predicted molar refractivity (Wildman–Crippen MR) is 99.8 cm³/mol. The molecule has 0 spiro atoms. The second-order valence-electron chi connectivity index (χ2n) is 6.49. The van der Waals surface area contributed by atoms with Crippen LogP contribution in [0.15, 0.2) is 27.2 Å². The highest BCUT2D eigenvalue weighted by atomic mass is 32.1. The summed E-state index contributed by atoms with van der Waals surface area (Å²) in [7, 11) is 1.84. The molecule has 8 heteroatoms. The van der Waals surface area contributed by atoms with Crippen molar-refractivity contribution in [2.24, 2.45) is 4.99 Å². The summed E-state index contributed by atoms with van der Waals surface area (Å²) in [6.45, 7) is 9.78. The molecule has 1 N–H and O–H groups in total. The molecule has 1 saturated heterocycles. The van der Waals surface area contributed by atoms with Gasteiger partial charge in [-0.15, -0.1) is 11.3 Å². The second-order valence-corrected chi connectivity index (χ2v) is 7.38. The fourth-order valence-electron chi connectivity index (χ4n) is 2.84. The molecule has 0 aromatic carbocycles. The van der Waals surface area contributed by atoms with Crippen LogP contribution in [-0.4, -0.2) is 59.1 Å². The number of rotatable bonds is 5. The van der Waals surface area contributed by atoms with E-state index in [-0.39, 0.29) is 0 Å². The predicted octanol–water partition coefficient (Wildman–Crippen LogP) is 2.15. The standard InChI is InChI=1S/C17H26N6OS/c1-13(2)16-20-15(12-25-16)10-19-17(18-3)23-7-5-22(6-8-23)11-14-4-9-24-21-14/h4,9,12-13H,5-8,10-11H2,1-3H3,(H,18,19). The van der Waals surface area contributed by atoms with Crippen LogP contribution in [0.5, 0.6) is 0 Å². The van der Waals surface area contributed by atoms with Gasteiger partial charge in [0.1, 0.15) is 6.26 Å². The smallest absolute Gasteiger partial charge is 0.194 e. The Bertz CT molecular complexity index is 673. The Morgan fingerprint density at radius 2 is 2.12 bits per heavy atom. The maximum Gasteiger partial charge on any atom is 0.194 e. The summed E-state index contributed by atoms with van der Waals surface area (Å²) < 4.78 is 4.90. The number of aromatic nitrogens is 2. The van der Waals surface area contributed by atoms with Gasteiger partial charge in [-0.3, -0.25) is 9.89 Å². The molecule has 2 aromatic heterocycles. The largest absolute Gasteiger partial charge is 0.364 e. The third kappa shape index (κ3) is 4.79. The molecule has 0 bridgehead atoms. The molecule has 3 heterocycles. The molecule has 7 nitrogen and oxygen atoms in total. The van der Waals surface area contributed by atoms with Crippen LogP contribution >= 0.6 is 11.3 Å². The number of hydrogen-bond acceptors (Lipinski definition) is 6. The molecule has 0 aliphatic carbocycles. The summed E-state index contributed by atoms with van der Waals surface area (Å²) in [5, 5.41) is 10.7. The molecular formula is C17H26N6OS. The number of nitrogens with one attached hydrogen (secondary N) is 1. The summed E-state index contributed by atoms with van der Waals surface area (Å²) in [6, 6.07) is 1.92. The summed E-state index contributed by atoms with van der Waals surface area (Å²) in [5.41, 5.74) is 2.07. The topological polar surface area (TPSA) is 69.8 Å². The zero-order valence-electron chi connectivity index (χ0n) is 15.1. The van der Waals surface area contributed by atoms with E-state index in [4.69, 9.17) is 4.52 Å². The zero-order chi connectivity index (χ0) is 17.6. The first kappa shape index (κ1) is 17.9. The quantitative estimate of drug-likeness (QED) is 0.649. The van der Waals surface area contributed by atoms with Crippen LogP contribution in [0.1, 0.15) is 36.2 Å². The van der Waals surface area contributed by atoms with Crippen LogP contribution in [0.25, 0.3) is 0 Å². The van der Waals surface area contributed by atoms with E-state index in [2.05, 4.69) is 49.5 Å². The van der Waals surface area contributed by atoms with Crippen molar-refractivity contribution in [3.05, 3.63) is 34.1 Å². The van der Waals surface area contributed by atoms with Gasteiger partial charge in [-0.2, -0.15) is 0 Å². The molecular weight excluding hydrogens is 336 g/mol. The number of guanidine groups is 1. The van der Waals surface area contributed by atoms with Crippen LogP contribution in [-0.2, 0) is 13.1 Å². The van der Waals surface area contributed by atoms with Gasteiger partial charge in [0, 0.05) is 57.1 Å². The Kier molecular flexibility index (Phi) is 6.04. The third-order valence-electron chi connectivity index (χ3n) is 4.25. The van der Waals surface area contributed by atoms with Crippen molar-refractivity contribution in [2.45, 2.75) is 32.9 Å². The fourth-order valence-corrected chi connectivity index (χ4v) is 3.67. The van der Waals surface area contributed by atoms with Gasteiger partial charge in [0.05, 0.1) is 22.9 Å². The molecule has 136 valence electrons. The van der Waals surface area contributed by atoms with E-state index in [1.54, 1.807) is 17.6 Å². The van der Waals surface area contributed by atoms with Crippen LogP contribution < -0.4 is 5.32 Å². The van der Waals surface area contributed by atoms with Crippen molar-refractivity contribution in [2.75, 3.05) is 33.2 Å². The molecule has 0 saturated carbocycles. The van der Waals surface area contributed by atoms with Crippen molar-refractivity contribution in [3.63, 3.8) is 0 Å². The minimum atomic E-state index is 0.482. The molecule has 3 rings (SSSR count). The lowest BCUT2D eigenvalue weighted by Gasteiger charge is -2.36. The number of piperazine rings is 1. The Balaban J connectivity index is 1.47. The van der Waals surface area contributed by atoms with Gasteiger partial charge in [-0.25, -0.2) is 4.98 Å². The van der Waals surface area contributed by atoms with Crippen molar-refractivity contribution in [3.8, 4) is 0 Å². The SMILES string of the molecule is CN=C(NCc1csc(C(C)C)n1)N1CCN(Cc2ccon2)CC1. The van der Waals surface area contributed by atoms with E-state index >= 15 is 0 Å². The molecule has 1 aliphatic heterocycles. The number of hydrogen-bond donors (Lipinski definition) is 1. The highest BCUT2D eigenvalue weighted by molar-refractivity contribution is 7.09.